The Morgan fingerprint density at radius 3 is 2.56 bits per heavy atom. The molecule has 1 aliphatic rings. The van der Waals surface area contributed by atoms with E-state index in [0.717, 1.165) is 17.7 Å². The number of amides is 4. The van der Waals surface area contributed by atoms with E-state index in [1.165, 1.54) is 6.92 Å². The molecule has 1 aliphatic heterocycles. The number of carbonyl (C=O) groups is 4. The van der Waals surface area contributed by atoms with Gasteiger partial charge in [-0.25, -0.2) is 4.79 Å². The number of esters is 1. The number of nitrogens with zero attached hydrogens (tertiary/aromatic N) is 1. The predicted octanol–water partition coefficient (Wildman–Crippen LogP) is 2.06. The van der Waals surface area contributed by atoms with Crippen molar-refractivity contribution in [3.05, 3.63) is 30.3 Å². The van der Waals surface area contributed by atoms with E-state index in [4.69, 9.17) is 4.74 Å². The predicted molar refractivity (Wildman–Crippen MR) is 98.8 cm³/mol. The quantitative estimate of drug-likeness (QED) is 0.534. The monoisotopic (exact) mass is 375 g/mol. The zero-order valence-electron chi connectivity index (χ0n) is 15.8. The number of para-hydroxylation sites is 1. The van der Waals surface area contributed by atoms with Crippen LogP contribution in [0.25, 0.3) is 0 Å². The zero-order chi connectivity index (χ0) is 20.0. The van der Waals surface area contributed by atoms with Crippen molar-refractivity contribution >= 4 is 29.5 Å². The summed E-state index contributed by atoms with van der Waals surface area (Å²) >= 11 is 0. The first-order valence-electron chi connectivity index (χ1n) is 8.96. The standard InChI is InChI=1S/C19H25N3O5/c1-4-5-11-19(3)17(25)22(18(26)21-19)12-15(23)27-13(2)16(24)20-14-9-7-6-8-10-14/h6-10,13H,4-5,11-12H2,1-3H3,(H,20,24)(H,21,26)/t13-,19-/m0/s1. The maximum atomic E-state index is 12.5. The summed E-state index contributed by atoms with van der Waals surface area (Å²) in [6, 6.07) is 8.12. The topological polar surface area (TPSA) is 105 Å². The van der Waals surface area contributed by atoms with Crippen LogP contribution < -0.4 is 10.6 Å². The largest absolute Gasteiger partial charge is 0.451 e. The third-order valence-electron chi connectivity index (χ3n) is 4.38. The Kier molecular flexibility index (Phi) is 6.55. The highest BCUT2D eigenvalue weighted by molar-refractivity contribution is 6.08. The van der Waals surface area contributed by atoms with Gasteiger partial charge in [0, 0.05) is 5.69 Å². The molecular formula is C19H25N3O5. The molecule has 1 aromatic carbocycles. The molecule has 1 heterocycles. The number of hydrogen-bond donors (Lipinski definition) is 2. The van der Waals surface area contributed by atoms with Gasteiger partial charge in [-0.1, -0.05) is 38.0 Å². The SMILES string of the molecule is CCCC[C@]1(C)NC(=O)N(CC(=O)O[C@@H](C)C(=O)Nc2ccccc2)C1=O. The minimum absolute atomic E-state index is 0.459. The fraction of sp³-hybridized carbons (Fsp3) is 0.474. The molecule has 2 atom stereocenters. The Hall–Kier alpha value is -2.90. The average Bonchev–Trinajstić information content (AvgIpc) is 2.84. The van der Waals surface area contributed by atoms with E-state index in [9.17, 15) is 19.2 Å². The zero-order valence-corrected chi connectivity index (χ0v) is 15.8. The summed E-state index contributed by atoms with van der Waals surface area (Å²) in [7, 11) is 0. The van der Waals surface area contributed by atoms with Gasteiger partial charge >= 0.3 is 12.0 Å². The molecule has 0 bridgehead atoms. The summed E-state index contributed by atoms with van der Waals surface area (Å²) < 4.78 is 5.07. The number of unbranched alkanes of at least 4 members (excludes halogenated alkanes) is 1. The molecule has 1 aromatic rings. The van der Waals surface area contributed by atoms with Crippen molar-refractivity contribution in [3.8, 4) is 0 Å². The van der Waals surface area contributed by atoms with Crippen LogP contribution in [0, 0.1) is 0 Å². The van der Waals surface area contributed by atoms with Gasteiger partial charge in [0.15, 0.2) is 6.10 Å². The van der Waals surface area contributed by atoms with Crippen LogP contribution in [-0.2, 0) is 19.1 Å². The van der Waals surface area contributed by atoms with E-state index in [-0.39, 0.29) is 0 Å². The number of rotatable bonds is 8. The number of benzene rings is 1. The van der Waals surface area contributed by atoms with Crippen LogP contribution in [0.5, 0.6) is 0 Å². The maximum absolute atomic E-state index is 12.5. The van der Waals surface area contributed by atoms with Gasteiger partial charge in [0.05, 0.1) is 0 Å². The molecule has 0 spiro atoms. The highest BCUT2D eigenvalue weighted by atomic mass is 16.5. The molecule has 0 radical (unpaired) electrons. The number of hydrogen-bond acceptors (Lipinski definition) is 5. The molecule has 1 fully saturated rings. The van der Waals surface area contributed by atoms with Gasteiger partial charge in [0.25, 0.3) is 11.8 Å². The second-order valence-corrected chi connectivity index (χ2v) is 6.74. The first-order valence-corrected chi connectivity index (χ1v) is 8.96. The van der Waals surface area contributed by atoms with Crippen molar-refractivity contribution in [3.63, 3.8) is 0 Å². The average molecular weight is 375 g/mol. The lowest BCUT2D eigenvalue weighted by Crippen LogP contribution is -2.44. The molecule has 0 aliphatic carbocycles. The third-order valence-corrected chi connectivity index (χ3v) is 4.38. The second kappa shape index (κ2) is 8.66. The van der Waals surface area contributed by atoms with Crippen molar-refractivity contribution < 1.29 is 23.9 Å². The number of ether oxygens (including phenoxy) is 1. The molecular weight excluding hydrogens is 350 g/mol. The first-order chi connectivity index (χ1) is 12.8. The molecule has 4 amide bonds. The van der Waals surface area contributed by atoms with Gasteiger partial charge in [-0.05, 0) is 32.4 Å². The lowest BCUT2D eigenvalue weighted by molar-refractivity contribution is -0.155. The van der Waals surface area contributed by atoms with E-state index in [2.05, 4.69) is 10.6 Å². The van der Waals surface area contributed by atoms with Crippen LogP contribution in [0.15, 0.2) is 30.3 Å². The Balaban J connectivity index is 1.90. The van der Waals surface area contributed by atoms with Crippen LogP contribution >= 0.6 is 0 Å². The summed E-state index contributed by atoms with van der Waals surface area (Å²) in [5.74, 6) is -1.78. The first kappa shape index (κ1) is 20.4. The number of urea groups is 1. The van der Waals surface area contributed by atoms with E-state index >= 15 is 0 Å². The molecule has 8 heteroatoms. The number of imide groups is 1. The van der Waals surface area contributed by atoms with Gasteiger partial charge < -0.3 is 15.4 Å². The van der Waals surface area contributed by atoms with Crippen LogP contribution in [-0.4, -0.2) is 46.9 Å². The van der Waals surface area contributed by atoms with Gasteiger partial charge in [-0.2, -0.15) is 0 Å². The molecule has 2 N–H and O–H groups in total. The minimum atomic E-state index is -1.06. The normalized spacial score (nSPS) is 20.2. The molecule has 0 unspecified atom stereocenters. The lowest BCUT2D eigenvalue weighted by atomic mass is 9.95. The van der Waals surface area contributed by atoms with E-state index in [0.29, 0.717) is 12.1 Å². The fourth-order valence-electron chi connectivity index (χ4n) is 2.77. The van der Waals surface area contributed by atoms with E-state index < -0.39 is 42.0 Å². The maximum Gasteiger partial charge on any atom is 0.327 e. The van der Waals surface area contributed by atoms with E-state index in [1.54, 1.807) is 31.2 Å². The third kappa shape index (κ3) is 5.06. The van der Waals surface area contributed by atoms with E-state index in [1.807, 2.05) is 13.0 Å². The molecule has 2 rings (SSSR count). The molecule has 8 nitrogen and oxygen atoms in total. The van der Waals surface area contributed by atoms with Crippen molar-refractivity contribution in [2.24, 2.45) is 0 Å². The Bertz CT molecular complexity index is 721. The van der Waals surface area contributed by atoms with Crippen LogP contribution in [0.4, 0.5) is 10.5 Å². The molecule has 146 valence electrons. The fourth-order valence-corrected chi connectivity index (χ4v) is 2.77. The van der Waals surface area contributed by atoms with Crippen LogP contribution in [0.1, 0.15) is 40.0 Å². The summed E-state index contributed by atoms with van der Waals surface area (Å²) in [5.41, 5.74) is -0.435. The van der Waals surface area contributed by atoms with Crippen molar-refractivity contribution in [2.45, 2.75) is 51.7 Å². The van der Waals surface area contributed by atoms with Gasteiger partial charge in [-0.3, -0.25) is 19.3 Å². The Morgan fingerprint density at radius 2 is 1.93 bits per heavy atom. The van der Waals surface area contributed by atoms with Crippen LogP contribution in [0.2, 0.25) is 0 Å². The number of nitrogens with one attached hydrogen (secondary N) is 2. The van der Waals surface area contributed by atoms with Crippen molar-refractivity contribution in [1.29, 1.82) is 0 Å². The summed E-state index contributed by atoms with van der Waals surface area (Å²) in [6.45, 7) is 4.52. The summed E-state index contributed by atoms with van der Waals surface area (Å²) in [5, 5.41) is 5.25. The van der Waals surface area contributed by atoms with Gasteiger partial charge in [-0.15, -0.1) is 0 Å². The second-order valence-electron chi connectivity index (χ2n) is 6.74. The van der Waals surface area contributed by atoms with Crippen molar-refractivity contribution in [1.82, 2.24) is 10.2 Å². The lowest BCUT2D eigenvalue weighted by Gasteiger charge is -2.21. The van der Waals surface area contributed by atoms with Gasteiger partial charge in [0.1, 0.15) is 12.1 Å². The molecule has 1 saturated heterocycles. The minimum Gasteiger partial charge on any atom is -0.451 e. The van der Waals surface area contributed by atoms with Crippen LogP contribution in [0.3, 0.4) is 0 Å². The molecule has 0 aromatic heterocycles. The van der Waals surface area contributed by atoms with Crippen molar-refractivity contribution in [2.75, 3.05) is 11.9 Å². The highest BCUT2D eigenvalue weighted by Gasteiger charge is 2.48. The Labute approximate surface area is 158 Å². The smallest absolute Gasteiger partial charge is 0.327 e. The summed E-state index contributed by atoms with van der Waals surface area (Å²) in [4.78, 5) is 49.6. The number of anilines is 1. The highest BCUT2D eigenvalue weighted by Crippen LogP contribution is 2.23. The summed E-state index contributed by atoms with van der Waals surface area (Å²) in [6.07, 6.45) is 1.09. The molecule has 0 saturated carbocycles. The number of carbonyl (C=O) groups excluding carboxylic acids is 4. The Morgan fingerprint density at radius 1 is 1.26 bits per heavy atom. The van der Waals surface area contributed by atoms with Gasteiger partial charge in [0.2, 0.25) is 0 Å². The molecule has 27 heavy (non-hydrogen) atoms.